The SMILES string of the molecule is C=CC1CCCC(C=C)CCC1. The fourth-order valence-electron chi connectivity index (χ4n) is 2.04. The molecular weight excluding hydrogens is 144 g/mol. The van der Waals surface area contributed by atoms with Gasteiger partial charge in [0.15, 0.2) is 0 Å². The predicted molar refractivity (Wildman–Crippen MR) is 55.1 cm³/mol. The standard InChI is InChI=1S/C12H20/c1-3-11-7-5-9-12(4-2)10-6-8-11/h3-4,11-12H,1-2,5-10H2. The Kier molecular flexibility index (Phi) is 4.13. The van der Waals surface area contributed by atoms with Gasteiger partial charge in [0.05, 0.1) is 0 Å². The molecule has 1 saturated carbocycles. The van der Waals surface area contributed by atoms with Gasteiger partial charge < -0.3 is 0 Å². The van der Waals surface area contributed by atoms with Crippen LogP contribution >= 0.6 is 0 Å². The van der Waals surface area contributed by atoms with E-state index in [4.69, 9.17) is 0 Å². The third-order valence-electron chi connectivity index (χ3n) is 2.97. The molecule has 0 aromatic rings. The van der Waals surface area contributed by atoms with Gasteiger partial charge in [-0.1, -0.05) is 25.0 Å². The molecule has 0 bridgehead atoms. The minimum absolute atomic E-state index is 0.788. The lowest BCUT2D eigenvalue weighted by Gasteiger charge is -2.20. The van der Waals surface area contributed by atoms with Gasteiger partial charge in [-0.25, -0.2) is 0 Å². The summed E-state index contributed by atoms with van der Waals surface area (Å²) in [6.45, 7) is 7.75. The Labute approximate surface area is 76.4 Å². The van der Waals surface area contributed by atoms with Crippen molar-refractivity contribution in [3.63, 3.8) is 0 Å². The summed E-state index contributed by atoms with van der Waals surface area (Å²) >= 11 is 0. The number of hydrogen-bond donors (Lipinski definition) is 0. The molecule has 0 heteroatoms. The van der Waals surface area contributed by atoms with Crippen LogP contribution in [0.15, 0.2) is 25.3 Å². The highest BCUT2D eigenvalue weighted by Crippen LogP contribution is 2.26. The first-order valence-electron chi connectivity index (χ1n) is 5.12. The van der Waals surface area contributed by atoms with Gasteiger partial charge >= 0.3 is 0 Å². The fourth-order valence-corrected chi connectivity index (χ4v) is 2.04. The van der Waals surface area contributed by atoms with Crippen LogP contribution < -0.4 is 0 Å². The highest BCUT2D eigenvalue weighted by molar-refractivity contribution is 4.85. The molecule has 68 valence electrons. The second-order valence-electron chi connectivity index (χ2n) is 3.85. The van der Waals surface area contributed by atoms with Gasteiger partial charge in [-0.3, -0.25) is 0 Å². The fraction of sp³-hybridized carbons (Fsp3) is 0.667. The molecule has 12 heavy (non-hydrogen) atoms. The van der Waals surface area contributed by atoms with Gasteiger partial charge in [0.25, 0.3) is 0 Å². The predicted octanol–water partition coefficient (Wildman–Crippen LogP) is 3.95. The van der Waals surface area contributed by atoms with Crippen LogP contribution in [0.3, 0.4) is 0 Å². The molecule has 0 spiro atoms. The van der Waals surface area contributed by atoms with Gasteiger partial charge in [-0.05, 0) is 37.5 Å². The molecule has 0 nitrogen and oxygen atoms in total. The van der Waals surface area contributed by atoms with Crippen LogP contribution in [-0.4, -0.2) is 0 Å². The lowest BCUT2D eigenvalue weighted by Crippen LogP contribution is -2.05. The van der Waals surface area contributed by atoms with Gasteiger partial charge in [0.1, 0.15) is 0 Å². The molecule has 0 amide bonds. The summed E-state index contributed by atoms with van der Waals surface area (Å²) in [6, 6.07) is 0. The molecule has 1 fully saturated rings. The number of hydrogen-bond acceptors (Lipinski definition) is 0. The van der Waals surface area contributed by atoms with Crippen LogP contribution in [0.2, 0.25) is 0 Å². The average Bonchev–Trinajstić information content (AvgIpc) is 2.05. The summed E-state index contributed by atoms with van der Waals surface area (Å²) in [5, 5.41) is 0. The summed E-state index contributed by atoms with van der Waals surface area (Å²) in [7, 11) is 0. The Balaban J connectivity index is 2.33. The number of allylic oxidation sites excluding steroid dienone is 2. The van der Waals surface area contributed by atoms with Crippen molar-refractivity contribution in [1.29, 1.82) is 0 Å². The minimum atomic E-state index is 0.788. The van der Waals surface area contributed by atoms with Crippen LogP contribution in [0, 0.1) is 11.8 Å². The first-order chi connectivity index (χ1) is 5.86. The average molecular weight is 164 g/mol. The molecule has 0 unspecified atom stereocenters. The third-order valence-corrected chi connectivity index (χ3v) is 2.97. The molecule has 0 aromatic heterocycles. The minimum Gasteiger partial charge on any atom is -0.103 e. The maximum Gasteiger partial charge on any atom is -0.0236 e. The number of rotatable bonds is 2. The highest BCUT2D eigenvalue weighted by atomic mass is 14.2. The summed E-state index contributed by atoms with van der Waals surface area (Å²) in [5.74, 6) is 1.58. The molecule has 0 heterocycles. The van der Waals surface area contributed by atoms with Crippen LogP contribution in [0.1, 0.15) is 38.5 Å². The van der Waals surface area contributed by atoms with Gasteiger partial charge in [0, 0.05) is 0 Å². The van der Waals surface area contributed by atoms with E-state index in [1.165, 1.54) is 38.5 Å². The Hall–Kier alpha value is -0.520. The van der Waals surface area contributed by atoms with Gasteiger partial charge in [-0.2, -0.15) is 0 Å². The van der Waals surface area contributed by atoms with E-state index in [1.54, 1.807) is 0 Å². The molecule has 0 radical (unpaired) electrons. The van der Waals surface area contributed by atoms with E-state index in [9.17, 15) is 0 Å². The maximum absolute atomic E-state index is 3.88. The highest BCUT2D eigenvalue weighted by Gasteiger charge is 2.12. The molecule has 1 aliphatic rings. The molecule has 1 rings (SSSR count). The Morgan fingerprint density at radius 1 is 0.750 bits per heavy atom. The topological polar surface area (TPSA) is 0 Å². The summed E-state index contributed by atoms with van der Waals surface area (Å²) in [5.41, 5.74) is 0. The van der Waals surface area contributed by atoms with E-state index in [0.29, 0.717) is 0 Å². The van der Waals surface area contributed by atoms with E-state index >= 15 is 0 Å². The maximum atomic E-state index is 3.88. The molecule has 0 atom stereocenters. The summed E-state index contributed by atoms with van der Waals surface area (Å²) in [6.07, 6.45) is 12.3. The monoisotopic (exact) mass is 164 g/mol. The Bertz CT molecular complexity index is 120. The van der Waals surface area contributed by atoms with Crippen molar-refractivity contribution in [3.05, 3.63) is 25.3 Å². The third kappa shape index (κ3) is 2.84. The van der Waals surface area contributed by atoms with Crippen LogP contribution in [-0.2, 0) is 0 Å². The molecule has 0 N–H and O–H groups in total. The normalized spacial score (nSPS) is 31.7. The lowest BCUT2D eigenvalue weighted by atomic mass is 9.86. The molecular formula is C12H20. The van der Waals surface area contributed by atoms with Crippen LogP contribution in [0.5, 0.6) is 0 Å². The smallest absolute Gasteiger partial charge is 0.0236 e. The van der Waals surface area contributed by atoms with Crippen LogP contribution in [0.25, 0.3) is 0 Å². The van der Waals surface area contributed by atoms with E-state index in [-0.39, 0.29) is 0 Å². The largest absolute Gasteiger partial charge is 0.103 e. The summed E-state index contributed by atoms with van der Waals surface area (Å²) < 4.78 is 0. The van der Waals surface area contributed by atoms with Crippen molar-refractivity contribution < 1.29 is 0 Å². The van der Waals surface area contributed by atoms with E-state index in [0.717, 1.165) is 11.8 Å². The summed E-state index contributed by atoms with van der Waals surface area (Å²) in [4.78, 5) is 0. The zero-order valence-electron chi connectivity index (χ0n) is 7.97. The zero-order valence-corrected chi connectivity index (χ0v) is 7.97. The molecule has 0 aliphatic heterocycles. The molecule has 1 aliphatic carbocycles. The van der Waals surface area contributed by atoms with E-state index in [1.807, 2.05) is 0 Å². The second kappa shape index (κ2) is 5.18. The van der Waals surface area contributed by atoms with Crippen molar-refractivity contribution >= 4 is 0 Å². The van der Waals surface area contributed by atoms with Gasteiger partial charge in [0.2, 0.25) is 0 Å². The van der Waals surface area contributed by atoms with Crippen molar-refractivity contribution in [3.8, 4) is 0 Å². The van der Waals surface area contributed by atoms with Crippen molar-refractivity contribution in [2.24, 2.45) is 11.8 Å². The van der Waals surface area contributed by atoms with E-state index < -0.39 is 0 Å². The van der Waals surface area contributed by atoms with Crippen molar-refractivity contribution in [2.45, 2.75) is 38.5 Å². The van der Waals surface area contributed by atoms with Crippen LogP contribution in [0.4, 0.5) is 0 Å². The van der Waals surface area contributed by atoms with Gasteiger partial charge in [-0.15, -0.1) is 13.2 Å². The molecule has 0 saturated heterocycles. The van der Waals surface area contributed by atoms with Crippen molar-refractivity contribution in [1.82, 2.24) is 0 Å². The quantitative estimate of drug-likeness (QED) is 0.542. The zero-order chi connectivity index (χ0) is 8.81. The molecule has 0 aromatic carbocycles. The Morgan fingerprint density at radius 3 is 1.33 bits per heavy atom. The second-order valence-corrected chi connectivity index (χ2v) is 3.85. The first kappa shape index (κ1) is 9.57. The Morgan fingerprint density at radius 2 is 1.08 bits per heavy atom. The first-order valence-corrected chi connectivity index (χ1v) is 5.12. The van der Waals surface area contributed by atoms with Crippen molar-refractivity contribution in [2.75, 3.05) is 0 Å². The van der Waals surface area contributed by atoms with E-state index in [2.05, 4.69) is 25.3 Å². The lowest BCUT2D eigenvalue weighted by molar-refractivity contribution is 0.388.